The van der Waals surface area contributed by atoms with Crippen molar-refractivity contribution < 1.29 is 9.47 Å². The molecule has 76 valence electrons. The van der Waals surface area contributed by atoms with Crippen molar-refractivity contribution in [3.8, 4) is 5.75 Å². The SMILES string of the molecule is CCOC1Oc2cccc3cccc1c23. The van der Waals surface area contributed by atoms with Crippen LogP contribution in [0.3, 0.4) is 0 Å². The van der Waals surface area contributed by atoms with Crippen molar-refractivity contribution in [1.82, 2.24) is 0 Å². The molecule has 1 atom stereocenters. The van der Waals surface area contributed by atoms with Crippen LogP contribution in [0, 0.1) is 0 Å². The molecule has 0 radical (unpaired) electrons. The van der Waals surface area contributed by atoms with E-state index in [1.54, 1.807) is 0 Å². The van der Waals surface area contributed by atoms with E-state index in [1.807, 2.05) is 25.1 Å². The van der Waals surface area contributed by atoms with Crippen molar-refractivity contribution in [2.24, 2.45) is 0 Å². The third-order valence-electron chi connectivity index (χ3n) is 2.70. The standard InChI is InChI=1S/C13H12O2/c1-2-14-13-10-7-3-5-9-6-4-8-11(15-13)12(9)10/h3-8,13H,2H2,1H3. The molecule has 2 heteroatoms. The van der Waals surface area contributed by atoms with Crippen molar-refractivity contribution in [1.29, 1.82) is 0 Å². The molecule has 3 rings (SSSR count). The molecule has 1 aliphatic rings. The van der Waals surface area contributed by atoms with Crippen LogP contribution in [0.15, 0.2) is 36.4 Å². The van der Waals surface area contributed by atoms with Crippen LogP contribution in [0.2, 0.25) is 0 Å². The zero-order chi connectivity index (χ0) is 10.3. The van der Waals surface area contributed by atoms with Gasteiger partial charge < -0.3 is 9.47 Å². The van der Waals surface area contributed by atoms with E-state index in [-0.39, 0.29) is 6.29 Å². The highest BCUT2D eigenvalue weighted by Gasteiger charge is 2.25. The summed E-state index contributed by atoms with van der Waals surface area (Å²) < 4.78 is 11.3. The second-order valence-corrected chi connectivity index (χ2v) is 3.61. The van der Waals surface area contributed by atoms with Crippen LogP contribution in [0.25, 0.3) is 10.8 Å². The molecule has 1 unspecified atom stereocenters. The first-order valence-corrected chi connectivity index (χ1v) is 5.20. The first-order valence-electron chi connectivity index (χ1n) is 5.20. The molecule has 15 heavy (non-hydrogen) atoms. The van der Waals surface area contributed by atoms with E-state index in [0.29, 0.717) is 6.61 Å². The van der Waals surface area contributed by atoms with Gasteiger partial charge in [0.25, 0.3) is 0 Å². The predicted octanol–water partition coefficient (Wildman–Crippen LogP) is 3.27. The predicted molar refractivity (Wildman–Crippen MR) is 58.9 cm³/mol. The second kappa shape index (κ2) is 3.24. The van der Waals surface area contributed by atoms with E-state index < -0.39 is 0 Å². The molecule has 0 saturated carbocycles. The molecule has 0 N–H and O–H groups in total. The number of benzene rings is 2. The molecule has 1 aliphatic heterocycles. The van der Waals surface area contributed by atoms with Crippen molar-refractivity contribution in [2.75, 3.05) is 6.61 Å². The van der Waals surface area contributed by atoms with Crippen LogP contribution in [0.4, 0.5) is 0 Å². The Kier molecular flexibility index (Phi) is 1.89. The maximum absolute atomic E-state index is 5.74. The molecule has 0 bridgehead atoms. The minimum atomic E-state index is -0.226. The van der Waals surface area contributed by atoms with Crippen LogP contribution < -0.4 is 4.74 Å². The molecule has 2 nitrogen and oxygen atoms in total. The lowest BCUT2D eigenvalue weighted by molar-refractivity contribution is -0.0703. The van der Waals surface area contributed by atoms with Crippen LogP contribution in [0.5, 0.6) is 5.75 Å². The van der Waals surface area contributed by atoms with Gasteiger partial charge in [-0.05, 0) is 18.4 Å². The third-order valence-corrected chi connectivity index (χ3v) is 2.70. The van der Waals surface area contributed by atoms with Gasteiger partial charge in [-0.15, -0.1) is 0 Å². The van der Waals surface area contributed by atoms with Crippen molar-refractivity contribution in [3.05, 3.63) is 42.0 Å². The molecule has 0 spiro atoms. The average molecular weight is 200 g/mol. The molecule has 1 heterocycles. The minimum Gasteiger partial charge on any atom is -0.460 e. The van der Waals surface area contributed by atoms with E-state index >= 15 is 0 Å². The Morgan fingerprint density at radius 3 is 2.80 bits per heavy atom. The third kappa shape index (κ3) is 1.22. The Morgan fingerprint density at radius 1 is 1.20 bits per heavy atom. The Hall–Kier alpha value is -1.54. The lowest BCUT2D eigenvalue weighted by atomic mass is 10.1. The normalized spacial score (nSPS) is 18.1. The first-order chi connectivity index (χ1) is 7.40. The van der Waals surface area contributed by atoms with Crippen LogP contribution in [-0.2, 0) is 4.74 Å². The summed E-state index contributed by atoms with van der Waals surface area (Å²) >= 11 is 0. The molecule has 0 fully saturated rings. The van der Waals surface area contributed by atoms with Gasteiger partial charge in [-0.25, -0.2) is 0 Å². The summed E-state index contributed by atoms with van der Waals surface area (Å²) in [6.07, 6.45) is -0.226. The van der Waals surface area contributed by atoms with E-state index in [2.05, 4.69) is 18.2 Å². The Bertz CT molecular complexity index is 500. The monoisotopic (exact) mass is 200 g/mol. The highest BCUT2D eigenvalue weighted by molar-refractivity contribution is 5.93. The molecule has 0 aromatic heterocycles. The van der Waals surface area contributed by atoms with Crippen molar-refractivity contribution in [2.45, 2.75) is 13.2 Å². The van der Waals surface area contributed by atoms with Gasteiger partial charge in [0.1, 0.15) is 5.75 Å². The maximum atomic E-state index is 5.74. The molecular formula is C13H12O2. The van der Waals surface area contributed by atoms with Gasteiger partial charge in [0, 0.05) is 17.6 Å². The van der Waals surface area contributed by atoms with E-state index in [1.165, 1.54) is 10.8 Å². The van der Waals surface area contributed by atoms with Gasteiger partial charge in [-0.3, -0.25) is 0 Å². The summed E-state index contributed by atoms with van der Waals surface area (Å²) in [5.74, 6) is 0.932. The van der Waals surface area contributed by atoms with E-state index in [9.17, 15) is 0 Å². The molecule has 2 aromatic carbocycles. The smallest absolute Gasteiger partial charge is 0.227 e. The van der Waals surface area contributed by atoms with Crippen LogP contribution in [-0.4, -0.2) is 6.61 Å². The lowest BCUT2D eigenvalue weighted by Crippen LogP contribution is -2.06. The van der Waals surface area contributed by atoms with E-state index in [0.717, 1.165) is 11.3 Å². The van der Waals surface area contributed by atoms with Gasteiger partial charge in [0.15, 0.2) is 0 Å². The van der Waals surface area contributed by atoms with Gasteiger partial charge in [-0.2, -0.15) is 0 Å². The van der Waals surface area contributed by atoms with Crippen molar-refractivity contribution >= 4 is 10.8 Å². The van der Waals surface area contributed by atoms with Gasteiger partial charge in [-0.1, -0.05) is 30.3 Å². The van der Waals surface area contributed by atoms with Gasteiger partial charge in [0.05, 0.1) is 0 Å². The Morgan fingerprint density at radius 2 is 2.00 bits per heavy atom. The fourth-order valence-electron chi connectivity index (χ4n) is 2.08. The number of hydrogen-bond acceptors (Lipinski definition) is 2. The summed E-state index contributed by atoms with van der Waals surface area (Å²) in [4.78, 5) is 0. The molecule has 0 saturated heterocycles. The zero-order valence-corrected chi connectivity index (χ0v) is 8.57. The number of rotatable bonds is 2. The first kappa shape index (κ1) is 8.74. The largest absolute Gasteiger partial charge is 0.460 e. The quantitative estimate of drug-likeness (QED) is 0.740. The highest BCUT2D eigenvalue weighted by atomic mass is 16.7. The van der Waals surface area contributed by atoms with Crippen LogP contribution >= 0.6 is 0 Å². The topological polar surface area (TPSA) is 18.5 Å². The fourth-order valence-corrected chi connectivity index (χ4v) is 2.08. The molecule has 2 aromatic rings. The highest BCUT2D eigenvalue weighted by Crippen LogP contribution is 2.41. The molecule has 0 amide bonds. The van der Waals surface area contributed by atoms with Gasteiger partial charge in [0.2, 0.25) is 6.29 Å². The summed E-state index contributed by atoms with van der Waals surface area (Å²) in [5.41, 5.74) is 1.14. The van der Waals surface area contributed by atoms with Crippen molar-refractivity contribution in [3.63, 3.8) is 0 Å². The summed E-state index contributed by atoms with van der Waals surface area (Å²) in [5, 5.41) is 2.41. The number of hydrogen-bond donors (Lipinski definition) is 0. The van der Waals surface area contributed by atoms with Crippen LogP contribution in [0.1, 0.15) is 18.8 Å². The molecular weight excluding hydrogens is 188 g/mol. The zero-order valence-electron chi connectivity index (χ0n) is 8.57. The number of ether oxygens (including phenoxy) is 2. The Labute approximate surface area is 88.4 Å². The second-order valence-electron chi connectivity index (χ2n) is 3.61. The Balaban J connectivity index is 2.22. The summed E-state index contributed by atoms with van der Waals surface area (Å²) in [7, 11) is 0. The fraction of sp³-hybridized carbons (Fsp3) is 0.231. The average Bonchev–Trinajstić information content (AvgIpc) is 2.61. The van der Waals surface area contributed by atoms with E-state index in [4.69, 9.17) is 9.47 Å². The summed E-state index contributed by atoms with van der Waals surface area (Å²) in [6.45, 7) is 2.64. The maximum Gasteiger partial charge on any atom is 0.227 e. The lowest BCUT2D eigenvalue weighted by Gasteiger charge is -2.11. The molecule has 0 aliphatic carbocycles. The minimum absolute atomic E-state index is 0.226. The summed E-state index contributed by atoms with van der Waals surface area (Å²) in [6, 6.07) is 12.3. The van der Waals surface area contributed by atoms with Gasteiger partial charge >= 0.3 is 0 Å².